The smallest absolute Gasteiger partial charge is 0.239 e. The van der Waals surface area contributed by atoms with Gasteiger partial charge < -0.3 is 15.1 Å². The van der Waals surface area contributed by atoms with Crippen molar-refractivity contribution >= 4 is 46.8 Å². The molecule has 1 fully saturated rings. The lowest BCUT2D eigenvalue weighted by molar-refractivity contribution is -0.856. The van der Waals surface area contributed by atoms with Gasteiger partial charge in [-0.1, -0.05) is 29.3 Å². The highest BCUT2D eigenvalue weighted by atomic mass is 35.5. The standard InChI is InChI=1S/C15H19Cl2N3O2S/c1-19(2)6-5-18-13(21)8-20-14(22)9-23-15(20)10-3-4-11(16)12(17)7-10/h3-4,7,15H,5-6,8-9H2,1-2H3,(H,18,21)/p+1/t15-/m1/s1. The number of rotatable bonds is 6. The van der Waals surface area contributed by atoms with Crippen LogP contribution in [0.25, 0.3) is 0 Å². The third-order valence-corrected chi connectivity index (χ3v) is 5.45. The summed E-state index contributed by atoms with van der Waals surface area (Å²) in [5.41, 5.74) is 0.876. The quantitative estimate of drug-likeness (QED) is 0.772. The normalized spacial score (nSPS) is 17.9. The van der Waals surface area contributed by atoms with Crippen LogP contribution in [-0.2, 0) is 9.59 Å². The van der Waals surface area contributed by atoms with Gasteiger partial charge in [0.1, 0.15) is 11.9 Å². The summed E-state index contributed by atoms with van der Waals surface area (Å²) < 4.78 is 0. The van der Waals surface area contributed by atoms with Gasteiger partial charge in [0.25, 0.3) is 0 Å². The van der Waals surface area contributed by atoms with Crippen molar-refractivity contribution in [3.63, 3.8) is 0 Å². The molecular weight excluding hydrogens is 357 g/mol. The molecule has 5 nitrogen and oxygen atoms in total. The fourth-order valence-electron chi connectivity index (χ4n) is 2.23. The molecule has 2 N–H and O–H groups in total. The highest BCUT2D eigenvalue weighted by Gasteiger charge is 2.34. The second kappa shape index (κ2) is 8.24. The lowest BCUT2D eigenvalue weighted by atomic mass is 10.2. The van der Waals surface area contributed by atoms with Crippen molar-refractivity contribution < 1.29 is 14.5 Å². The van der Waals surface area contributed by atoms with Gasteiger partial charge in [-0.3, -0.25) is 9.59 Å². The highest BCUT2D eigenvalue weighted by Crippen LogP contribution is 2.40. The highest BCUT2D eigenvalue weighted by molar-refractivity contribution is 8.00. The Kier molecular flexibility index (Phi) is 6.59. The zero-order valence-electron chi connectivity index (χ0n) is 13.1. The van der Waals surface area contributed by atoms with Crippen LogP contribution in [0.4, 0.5) is 0 Å². The molecule has 1 aromatic rings. The minimum atomic E-state index is -0.206. The number of halogens is 2. The molecule has 2 amide bonds. The Morgan fingerprint density at radius 1 is 1.39 bits per heavy atom. The van der Waals surface area contributed by atoms with Gasteiger partial charge in [-0.2, -0.15) is 0 Å². The van der Waals surface area contributed by atoms with Gasteiger partial charge in [0.2, 0.25) is 11.8 Å². The molecule has 0 saturated carbocycles. The molecule has 0 bridgehead atoms. The second-order valence-corrected chi connectivity index (χ2v) is 7.55. The fraction of sp³-hybridized carbons (Fsp3) is 0.467. The van der Waals surface area contributed by atoms with Crippen LogP contribution >= 0.6 is 35.0 Å². The summed E-state index contributed by atoms with van der Waals surface area (Å²) in [7, 11) is 4.04. The van der Waals surface area contributed by atoms with Crippen molar-refractivity contribution in [2.75, 3.05) is 39.5 Å². The van der Waals surface area contributed by atoms with Crippen molar-refractivity contribution in [2.24, 2.45) is 0 Å². The van der Waals surface area contributed by atoms with E-state index in [1.165, 1.54) is 16.7 Å². The summed E-state index contributed by atoms with van der Waals surface area (Å²) in [6.07, 6.45) is 0. The van der Waals surface area contributed by atoms with Gasteiger partial charge in [0, 0.05) is 0 Å². The molecule has 1 heterocycles. The predicted molar refractivity (Wildman–Crippen MR) is 94.1 cm³/mol. The molecule has 1 aliphatic heterocycles. The van der Waals surface area contributed by atoms with Crippen molar-refractivity contribution in [2.45, 2.75) is 5.37 Å². The summed E-state index contributed by atoms with van der Waals surface area (Å²) >= 11 is 13.5. The van der Waals surface area contributed by atoms with Gasteiger partial charge in [0.05, 0.1) is 43.0 Å². The first-order valence-corrected chi connectivity index (χ1v) is 9.10. The first-order chi connectivity index (χ1) is 10.9. The van der Waals surface area contributed by atoms with E-state index < -0.39 is 0 Å². The van der Waals surface area contributed by atoms with E-state index in [0.29, 0.717) is 22.3 Å². The van der Waals surface area contributed by atoms with Crippen LogP contribution in [0.5, 0.6) is 0 Å². The average molecular weight is 377 g/mol. The Morgan fingerprint density at radius 3 is 2.78 bits per heavy atom. The number of benzene rings is 1. The zero-order chi connectivity index (χ0) is 17.0. The first-order valence-electron chi connectivity index (χ1n) is 7.30. The molecule has 23 heavy (non-hydrogen) atoms. The number of likely N-dealkylation sites (N-methyl/N-ethyl adjacent to an activating group) is 1. The number of thioether (sulfide) groups is 1. The summed E-state index contributed by atoms with van der Waals surface area (Å²) in [5.74, 6) is 0.173. The number of carbonyl (C=O) groups is 2. The van der Waals surface area contributed by atoms with E-state index in [1.54, 1.807) is 17.0 Å². The summed E-state index contributed by atoms with van der Waals surface area (Å²) in [5, 5.41) is 3.56. The molecule has 126 valence electrons. The topological polar surface area (TPSA) is 53.9 Å². The fourth-order valence-corrected chi connectivity index (χ4v) is 3.71. The SMILES string of the molecule is C[NH+](C)CCNC(=O)CN1C(=O)CS[C@@H]1c1ccc(Cl)c(Cl)c1. The molecule has 0 aliphatic carbocycles. The largest absolute Gasteiger partial charge is 0.349 e. The Balaban J connectivity index is 2.01. The molecule has 2 rings (SSSR count). The molecule has 0 aromatic heterocycles. The maximum absolute atomic E-state index is 12.1. The molecule has 0 unspecified atom stereocenters. The lowest BCUT2D eigenvalue weighted by Gasteiger charge is -2.24. The zero-order valence-corrected chi connectivity index (χ0v) is 15.4. The van der Waals surface area contributed by atoms with E-state index in [2.05, 4.69) is 5.32 Å². The number of nitrogens with one attached hydrogen (secondary N) is 2. The Morgan fingerprint density at radius 2 is 2.13 bits per heavy atom. The Labute approximate surface area is 150 Å². The Bertz CT molecular complexity index is 598. The van der Waals surface area contributed by atoms with E-state index in [4.69, 9.17) is 23.2 Å². The second-order valence-electron chi connectivity index (χ2n) is 5.67. The number of hydrogen-bond acceptors (Lipinski definition) is 3. The lowest BCUT2D eigenvalue weighted by Crippen LogP contribution is -3.06. The van der Waals surface area contributed by atoms with Crippen LogP contribution < -0.4 is 10.2 Å². The maximum atomic E-state index is 12.1. The van der Waals surface area contributed by atoms with Crippen molar-refractivity contribution in [1.29, 1.82) is 0 Å². The van der Waals surface area contributed by atoms with Gasteiger partial charge in [0.15, 0.2) is 0 Å². The summed E-state index contributed by atoms with van der Waals surface area (Å²) in [6, 6.07) is 5.30. The van der Waals surface area contributed by atoms with E-state index in [1.807, 2.05) is 20.2 Å². The molecule has 1 saturated heterocycles. The minimum absolute atomic E-state index is 0.0422. The minimum Gasteiger partial charge on any atom is -0.349 e. The van der Waals surface area contributed by atoms with Gasteiger partial charge in [-0.25, -0.2) is 0 Å². The van der Waals surface area contributed by atoms with Crippen LogP contribution in [0, 0.1) is 0 Å². The number of amides is 2. The number of hydrogen-bond donors (Lipinski definition) is 2. The third kappa shape index (κ3) is 5.01. The first kappa shape index (κ1) is 18.4. The molecule has 0 radical (unpaired) electrons. The third-order valence-electron chi connectivity index (χ3n) is 3.46. The molecule has 1 aliphatic rings. The monoisotopic (exact) mass is 376 g/mol. The molecule has 1 atom stereocenters. The number of nitrogens with zero attached hydrogens (tertiary/aromatic N) is 1. The molecule has 0 spiro atoms. The molecule has 8 heteroatoms. The van der Waals surface area contributed by atoms with Crippen molar-refractivity contribution in [3.05, 3.63) is 33.8 Å². The van der Waals surface area contributed by atoms with E-state index in [0.717, 1.165) is 12.1 Å². The number of quaternary nitrogens is 1. The Hall–Kier alpha value is -0.950. The van der Waals surface area contributed by atoms with E-state index >= 15 is 0 Å². The summed E-state index contributed by atoms with van der Waals surface area (Å²) in [4.78, 5) is 27.0. The number of carbonyl (C=O) groups excluding carboxylic acids is 2. The van der Waals surface area contributed by atoms with Crippen molar-refractivity contribution in [1.82, 2.24) is 10.2 Å². The van der Waals surface area contributed by atoms with Crippen LogP contribution in [-0.4, -0.2) is 56.2 Å². The van der Waals surface area contributed by atoms with Crippen LogP contribution in [0.15, 0.2) is 18.2 Å². The maximum Gasteiger partial charge on any atom is 0.239 e. The van der Waals surface area contributed by atoms with E-state index in [9.17, 15) is 9.59 Å². The average Bonchev–Trinajstić information content (AvgIpc) is 2.83. The van der Waals surface area contributed by atoms with Gasteiger partial charge >= 0.3 is 0 Å². The van der Waals surface area contributed by atoms with Crippen LogP contribution in [0.2, 0.25) is 10.0 Å². The van der Waals surface area contributed by atoms with Crippen LogP contribution in [0.1, 0.15) is 10.9 Å². The molecule has 1 aromatic carbocycles. The van der Waals surface area contributed by atoms with Crippen LogP contribution in [0.3, 0.4) is 0 Å². The summed E-state index contributed by atoms with van der Waals surface area (Å²) in [6.45, 7) is 1.48. The van der Waals surface area contributed by atoms with Crippen molar-refractivity contribution in [3.8, 4) is 0 Å². The van der Waals surface area contributed by atoms with Gasteiger partial charge in [-0.05, 0) is 17.7 Å². The predicted octanol–water partition coefficient (Wildman–Crippen LogP) is 0.828. The van der Waals surface area contributed by atoms with Gasteiger partial charge in [-0.15, -0.1) is 11.8 Å². The van der Waals surface area contributed by atoms with E-state index in [-0.39, 0.29) is 23.7 Å². The molecular formula is C15H20Cl2N3O2S+.